The summed E-state index contributed by atoms with van der Waals surface area (Å²) < 4.78 is 10.7. The Morgan fingerprint density at radius 1 is 1.16 bits per heavy atom. The lowest BCUT2D eigenvalue weighted by Gasteiger charge is -2.37. The molecule has 166 valence electrons. The molecule has 1 aliphatic heterocycles. The number of benzene rings is 1. The predicted octanol–water partition coefficient (Wildman–Crippen LogP) is 2.76. The van der Waals surface area contributed by atoms with E-state index >= 15 is 0 Å². The molecule has 31 heavy (non-hydrogen) atoms. The Balaban J connectivity index is 1.69. The minimum atomic E-state index is -0.778. The highest BCUT2D eigenvalue weighted by atomic mass is 16.6. The Bertz CT molecular complexity index is 933. The third-order valence-electron chi connectivity index (χ3n) is 4.95. The van der Waals surface area contributed by atoms with E-state index in [1.54, 1.807) is 39.8 Å². The van der Waals surface area contributed by atoms with E-state index in [1.165, 1.54) is 11.2 Å². The maximum Gasteiger partial charge on any atom is 0.411 e. The van der Waals surface area contributed by atoms with E-state index in [9.17, 15) is 14.4 Å². The molecule has 3 amide bonds. The molecule has 0 unspecified atom stereocenters. The average molecular weight is 428 g/mol. The van der Waals surface area contributed by atoms with Gasteiger partial charge in [-0.25, -0.2) is 4.79 Å². The van der Waals surface area contributed by atoms with Crippen molar-refractivity contribution in [2.24, 2.45) is 0 Å². The fraction of sp³-hybridized carbons (Fsp3) is 0.435. The highest BCUT2D eigenvalue weighted by molar-refractivity contribution is 5.91. The normalized spacial score (nSPS) is 16.8. The van der Waals surface area contributed by atoms with Gasteiger partial charge in [-0.3, -0.25) is 14.5 Å². The molecule has 1 aromatic heterocycles. The van der Waals surface area contributed by atoms with Crippen LogP contribution < -0.4 is 10.6 Å². The van der Waals surface area contributed by atoms with Crippen molar-refractivity contribution in [3.05, 3.63) is 59.5 Å². The number of carbonyl (C=O) groups is 3. The molecule has 2 N–H and O–H groups in total. The maximum atomic E-state index is 13.1. The summed E-state index contributed by atoms with van der Waals surface area (Å²) >= 11 is 0. The first-order valence-corrected chi connectivity index (χ1v) is 10.3. The number of furan rings is 1. The minimum Gasteiger partial charge on any atom is -0.467 e. The highest BCUT2D eigenvalue weighted by Gasteiger charge is 2.37. The van der Waals surface area contributed by atoms with Crippen molar-refractivity contribution in [1.29, 1.82) is 0 Å². The lowest BCUT2D eigenvalue weighted by molar-refractivity contribution is -0.132. The molecule has 0 fully saturated rings. The molecule has 1 aliphatic rings. The van der Waals surface area contributed by atoms with E-state index in [0.717, 1.165) is 11.1 Å². The van der Waals surface area contributed by atoms with Gasteiger partial charge in [-0.2, -0.15) is 0 Å². The van der Waals surface area contributed by atoms with Crippen LogP contribution >= 0.6 is 0 Å². The van der Waals surface area contributed by atoms with Crippen molar-refractivity contribution >= 4 is 17.9 Å². The van der Waals surface area contributed by atoms with Gasteiger partial charge >= 0.3 is 6.09 Å². The zero-order chi connectivity index (χ0) is 22.6. The Kier molecular flexibility index (Phi) is 6.68. The number of carbonyl (C=O) groups excluding carboxylic acids is 3. The summed E-state index contributed by atoms with van der Waals surface area (Å²) in [6.07, 6.45) is 1.32. The molecule has 2 heterocycles. The van der Waals surface area contributed by atoms with Crippen LogP contribution in [-0.4, -0.2) is 40.5 Å². The molecule has 2 aromatic rings. The van der Waals surface area contributed by atoms with E-state index in [1.807, 2.05) is 24.3 Å². The van der Waals surface area contributed by atoms with Gasteiger partial charge in [0, 0.05) is 6.42 Å². The quantitative estimate of drug-likeness (QED) is 0.764. The molecule has 1 aromatic carbocycles. The van der Waals surface area contributed by atoms with Crippen LogP contribution in [0.1, 0.15) is 44.6 Å². The Morgan fingerprint density at radius 3 is 2.52 bits per heavy atom. The van der Waals surface area contributed by atoms with E-state index in [4.69, 9.17) is 9.15 Å². The van der Waals surface area contributed by atoms with Crippen LogP contribution in [0.2, 0.25) is 0 Å². The lowest BCUT2D eigenvalue weighted by Crippen LogP contribution is -2.56. The van der Waals surface area contributed by atoms with Gasteiger partial charge in [0.2, 0.25) is 11.8 Å². The van der Waals surface area contributed by atoms with E-state index < -0.39 is 29.7 Å². The first-order chi connectivity index (χ1) is 14.6. The van der Waals surface area contributed by atoms with Crippen LogP contribution in [0.3, 0.4) is 0 Å². The van der Waals surface area contributed by atoms with Gasteiger partial charge in [-0.1, -0.05) is 24.3 Å². The van der Waals surface area contributed by atoms with Gasteiger partial charge in [0.05, 0.1) is 19.4 Å². The Labute approximate surface area is 181 Å². The van der Waals surface area contributed by atoms with Gasteiger partial charge in [0.1, 0.15) is 23.4 Å². The SMILES string of the molecule is C[C@H](NC(=O)[C@@H]1Cc2ccccc2CN1C(=O)OC(C)(C)C)C(=O)NCc1ccco1. The third kappa shape index (κ3) is 5.87. The summed E-state index contributed by atoms with van der Waals surface area (Å²) in [6.45, 7) is 7.44. The highest BCUT2D eigenvalue weighted by Crippen LogP contribution is 2.25. The number of amides is 3. The standard InChI is InChI=1S/C23H29N3O5/c1-15(20(27)24-13-18-10-7-11-30-18)25-21(28)19-12-16-8-5-6-9-17(16)14-26(19)22(29)31-23(2,3)4/h5-11,15,19H,12-14H2,1-4H3,(H,24,27)(H,25,28)/t15-,19-/m0/s1. The predicted molar refractivity (Wildman–Crippen MR) is 114 cm³/mol. The maximum absolute atomic E-state index is 13.1. The Hall–Kier alpha value is -3.29. The molecule has 2 atom stereocenters. The van der Waals surface area contributed by atoms with Crippen molar-refractivity contribution in [1.82, 2.24) is 15.5 Å². The van der Waals surface area contributed by atoms with Crippen LogP contribution in [0.15, 0.2) is 47.1 Å². The number of hydrogen-bond acceptors (Lipinski definition) is 5. The Morgan fingerprint density at radius 2 is 1.87 bits per heavy atom. The molecule has 3 rings (SSSR count). The summed E-state index contributed by atoms with van der Waals surface area (Å²) in [5.41, 5.74) is 1.28. The topological polar surface area (TPSA) is 101 Å². The van der Waals surface area contributed by atoms with Gasteiger partial charge in [0.15, 0.2) is 0 Å². The van der Waals surface area contributed by atoms with Crippen LogP contribution in [0.5, 0.6) is 0 Å². The zero-order valence-electron chi connectivity index (χ0n) is 18.3. The molecular formula is C23H29N3O5. The van der Waals surface area contributed by atoms with Crippen molar-refractivity contribution in [2.45, 2.75) is 64.9 Å². The molecule has 8 nitrogen and oxygen atoms in total. The second kappa shape index (κ2) is 9.24. The summed E-state index contributed by atoms with van der Waals surface area (Å²) in [7, 11) is 0. The van der Waals surface area contributed by atoms with Crippen molar-refractivity contribution in [2.75, 3.05) is 0 Å². The number of hydrogen-bond donors (Lipinski definition) is 2. The minimum absolute atomic E-state index is 0.229. The fourth-order valence-electron chi connectivity index (χ4n) is 3.39. The molecule has 0 saturated heterocycles. The number of rotatable bonds is 5. The van der Waals surface area contributed by atoms with Crippen molar-refractivity contribution < 1.29 is 23.5 Å². The summed E-state index contributed by atoms with van der Waals surface area (Å²) in [5, 5.41) is 5.45. The molecule has 0 aliphatic carbocycles. The second-order valence-corrected chi connectivity index (χ2v) is 8.62. The van der Waals surface area contributed by atoms with Crippen LogP contribution in [0.25, 0.3) is 0 Å². The molecule has 0 radical (unpaired) electrons. The first kappa shape index (κ1) is 22.4. The monoisotopic (exact) mass is 427 g/mol. The van der Waals surface area contributed by atoms with Crippen molar-refractivity contribution in [3.63, 3.8) is 0 Å². The molecular weight excluding hydrogens is 398 g/mol. The number of nitrogens with zero attached hydrogens (tertiary/aromatic N) is 1. The third-order valence-corrected chi connectivity index (χ3v) is 4.95. The molecule has 8 heteroatoms. The van der Waals surface area contributed by atoms with Crippen molar-refractivity contribution in [3.8, 4) is 0 Å². The number of nitrogens with one attached hydrogen (secondary N) is 2. The summed E-state index contributed by atoms with van der Waals surface area (Å²) in [4.78, 5) is 39.7. The first-order valence-electron chi connectivity index (χ1n) is 10.3. The van der Waals surface area contributed by atoms with E-state index in [2.05, 4.69) is 10.6 Å². The number of ether oxygens (including phenoxy) is 1. The van der Waals surface area contributed by atoms with Gasteiger partial charge in [-0.05, 0) is 51.0 Å². The van der Waals surface area contributed by atoms with Crippen LogP contribution in [0, 0.1) is 0 Å². The van der Waals surface area contributed by atoms with Gasteiger partial charge in [-0.15, -0.1) is 0 Å². The molecule has 0 saturated carbocycles. The summed E-state index contributed by atoms with van der Waals surface area (Å²) in [5.74, 6) is -0.127. The number of fused-ring (bicyclic) bond motifs is 1. The molecule has 0 spiro atoms. The fourth-order valence-corrected chi connectivity index (χ4v) is 3.39. The lowest BCUT2D eigenvalue weighted by atomic mass is 9.93. The van der Waals surface area contributed by atoms with E-state index in [0.29, 0.717) is 12.2 Å². The molecule has 0 bridgehead atoms. The largest absolute Gasteiger partial charge is 0.467 e. The van der Waals surface area contributed by atoms with Crippen LogP contribution in [-0.2, 0) is 33.8 Å². The zero-order valence-corrected chi connectivity index (χ0v) is 18.3. The second-order valence-electron chi connectivity index (χ2n) is 8.62. The smallest absolute Gasteiger partial charge is 0.411 e. The van der Waals surface area contributed by atoms with E-state index in [-0.39, 0.29) is 19.0 Å². The average Bonchev–Trinajstić information content (AvgIpc) is 3.23. The van der Waals surface area contributed by atoms with Gasteiger partial charge in [0.25, 0.3) is 0 Å². The van der Waals surface area contributed by atoms with Crippen LogP contribution in [0.4, 0.5) is 4.79 Å². The summed E-state index contributed by atoms with van der Waals surface area (Å²) in [6, 6.07) is 9.62. The van der Waals surface area contributed by atoms with Gasteiger partial charge < -0.3 is 19.8 Å².